The minimum absolute atomic E-state index is 0.258. The highest BCUT2D eigenvalue weighted by molar-refractivity contribution is 7.11. The first-order chi connectivity index (χ1) is 9.97. The average molecular weight is 303 g/mol. The minimum atomic E-state index is -1.26. The largest absolute Gasteiger partial charge is 0.507 e. The van der Waals surface area contributed by atoms with Crippen LogP contribution in [0.15, 0.2) is 41.8 Å². The van der Waals surface area contributed by atoms with E-state index in [2.05, 4.69) is 5.32 Å². The lowest BCUT2D eigenvalue weighted by atomic mass is 10.1. The predicted molar refractivity (Wildman–Crippen MR) is 81.7 cm³/mol. The SMILES string of the molecule is CC(=CC(=O)Nc1ccc(O)c(C(=O)O)c1)c1cccs1. The predicted octanol–water partition coefficient (Wildman–Crippen LogP) is 3.19. The van der Waals surface area contributed by atoms with Crippen molar-refractivity contribution in [1.82, 2.24) is 0 Å². The van der Waals surface area contributed by atoms with Crippen molar-refractivity contribution in [3.8, 4) is 5.75 Å². The zero-order valence-electron chi connectivity index (χ0n) is 11.2. The van der Waals surface area contributed by atoms with Gasteiger partial charge in [0.2, 0.25) is 5.91 Å². The van der Waals surface area contributed by atoms with Crippen molar-refractivity contribution >= 4 is 34.5 Å². The molecule has 0 saturated heterocycles. The third-order valence-electron chi connectivity index (χ3n) is 2.75. The van der Waals surface area contributed by atoms with Crippen molar-refractivity contribution in [3.63, 3.8) is 0 Å². The molecule has 0 aliphatic rings. The normalized spacial score (nSPS) is 11.2. The van der Waals surface area contributed by atoms with E-state index >= 15 is 0 Å². The van der Waals surface area contributed by atoms with E-state index in [0.29, 0.717) is 5.69 Å². The Labute approximate surface area is 125 Å². The number of aromatic carboxylic acids is 1. The van der Waals surface area contributed by atoms with Gasteiger partial charge in [0.05, 0.1) is 0 Å². The smallest absolute Gasteiger partial charge is 0.339 e. The summed E-state index contributed by atoms with van der Waals surface area (Å²) in [5.74, 6) is -1.96. The van der Waals surface area contributed by atoms with Gasteiger partial charge in [0.1, 0.15) is 11.3 Å². The van der Waals surface area contributed by atoms with Gasteiger partial charge in [-0.15, -0.1) is 11.3 Å². The Morgan fingerprint density at radius 2 is 2.05 bits per heavy atom. The first-order valence-corrected chi connectivity index (χ1v) is 6.95. The zero-order valence-corrected chi connectivity index (χ0v) is 12.0. The van der Waals surface area contributed by atoms with E-state index in [4.69, 9.17) is 5.11 Å². The second-order valence-electron chi connectivity index (χ2n) is 4.33. The maximum atomic E-state index is 11.9. The molecule has 2 rings (SSSR count). The van der Waals surface area contributed by atoms with E-state index in [0.717, 1.165) is 10.5 Å². The summed E-state index contributed by atoms with van der Waals surface area (Å²) < 4.78 is 0. The number of anilines is 1. The number of amides is 1. The van der Waals surface area contributed by atoms with Gasteiger partial charge in [0.15, 0.2) is 0 Å². The van der Waals surface area contributed by atoms with Crippen LogP contribution in [0.1, 0.15) is 22.2 Å². The monoisotopic (exact) mass is 303 g/mol. The fraction of sp³-hybridized carbons (Fsp3) is 0.0667. The van der Waals surface area contributed by atoms with Crippen LogP contribution in [0.4, 0.5) is 5.69 Å². The van der Waals surface area contributed by atoms with Crippen LogP contribution < -0.4 is 5.32 Å². The Morgan fingerprint density at radius 3 is 2.67 bits per heavy atom. The topological polar surface area (TPSA) is 86.6 Å². The molecule has 0 radical (unpaired) electrons. The van der Waals surface area contributed by atoms with Crippen molar-refractivity contribution in [3.05, 3.63) is 52.2 Å². The van der Waals surface area contributed by atoms with Crippen LogP contribution in [-0.4, -0.2) is 22.1 Å². The number of carboxylic acid groups (broad SMARTS) is 1. The Kier molecular flexibility index (Phi) is 4.39. The van der Waals surface area contributed by atoms with Gasteiger partial charge in [-0.25, -0.2) is 4.79 Å². The Balaban J connectivity index is 2.15. The third-order valence-corrected chi connectivity index (χ3v) is 3.76. The molecule has 1 amide bonds. The van der Waals surface area contributed by atoms with Crippen molar-refractivity contribution in [2.45, 2.75) is 6.92 Å². The quantitative estimate of drug-likeness (QED) is 0.598. The molecule has 0 spiro atoms. The first-order valence-electron chi connectivity index (χ1n) is 6.07. The molecule has 1 aromatic carbocycles. The molecule has 1 aromatic heterocycles. The molecule has 0 saturated carbocycles. The maximum absolute atomic E-state index is 11.9. The number of thiophene rings is 1. The molecule has 0 unspecified atom stereocenters. The molecule has 6 heteroatoms. The number of rotatable bonds is 4. The van der Waals surface area contributed by atoms with Crippen LogP contribution in [-0.2, 0) is 4.79 Å². The van der Waals surface area contributed by atoms with E-state index in [-0.39, 0.29) is 17.2 Å². The summed E-state index contributed by atoms with van der Waals surface area (Å²) in [5.41, 5.74) is 0.872. The average Bonchev–Trinajstić information content (AvgIpc) is 2.94. The molecule has 0 atom stereocenters. The number of nitrogens with one attached hydrogen (secondary N) is 1. The van der Waals surface area contributed by atoms with Crippen LogP contribution in [0, 0.1) is 0 Å². The number of carboxylic acids is 1. The van der Waals surface area contributed by atoms with Gasteiger partial charge in [-0.3, -0.25) is 4.79 Å². The molecule has 0 aliphatic heterocycles. The van der Waals surface area contributed by atoms with Crippen LogP contribution in [0.25, 0.3) is 5.57 Å². The van der Waals surface area contributed by atoms with E-state index < -0.39 is 5.97 Å². The molecular formula is C15H13NO4S. The molecule has 0 aliphatic carbocycles. The second-order valence-corrected chi connectivity index (χ2v) is 5.28. The highest BCUT2D eigenvalue weighted by atomic mass is 32.1. The molecule has 108 valence electrons. The lowest BCUT2D eigenvalue weighted by molar-refractivity contribution is -0.111. The molecule has 2 aromatic rings. The van der Waals surface area contributed by atoms with Crippen LogP contribution in [0.5, 0.6) is 5.75 Å². The van der Waals surface area contributed by atoms with Gasteiger partial charge >= 0.3 is 5.97 Å². The fourth-order valence-corrected chi connectivity index (χ4v) is 2.44. The third kappa shape index (κ3) is 3.70. The number of carbonyl (C=O) groups is 2. The molecule has 0 bridgehead atoms. The summed E-state index contributed by atoms with van der Waals surface area (Å²) in [5, 5.41) is 22.8. The Hall–Kier alpha value is -2.60. The van der Waals surface area contributed by atoms with Gasteiger partial charge < -0.3 is 15.5 Å². The zero-order chi connectivity index (χ0) is 15.4. The maximum Gasteiger partial charge on any atom is 0.339 e. The highest BCUT2D eigenvalue weighted by Gasteiger charge is 2.11. The second kappa shape index (κ2) is 6.23. The van der Waals surface area contributed by atoms with Crippen molar-refractivity contribution in [1.29, 1.82) is 0 Å². The Morgan fingerprint density at radius 1 is 1.29 bits per heavy atom. The Bertz CT molecular complexity index is 704. The number of benzene rings is 1. The number of carbonyl (C=O) groups excluding carboxylic acids is 1. The van der Waals surface area contributed by atoms with Crippen LogP contribution in [0.3, 0.4) is 0 Å². The van der Waals surface area contributed by atoms with Gasteiger partial charge in [-0.05, 0) is 42.1 Å². The van der Waals surface area contributed by atoms with Gasteiger partial charge in [-0.1, -0.05) is 6.07 Å². The molecule has 5 nitrogen and oxygen atoms in total. The minimum Gasteiger partial charge on any atom is -0.507 e. The van der Waals surface area contributed by atoms with E-state index in [1.807, 2.05) is 24.4 Å². The number of allylic oxidation sites excluding steroid dienone is 1. The molecule has 21 heavy (non-hydrogen) atoms. The summed E-state index contributed by atoms with van der Waals surface area (Å²) in [4.78, 5) is 23.8. The summed E-state index contributed by atoms with van der Waals surface area (Å²) in [6, 6.07) is 7.69. The van der Waals surface area contributed by atoms with Crippen LogP contribution >= 0.6 is 11.3 Å². The summed E-state index contributed by atoms with van der Waals surface area (Å²) in [6.07, 6.45) is 1.44. The van der Waals surface area contributed by atoms with Gasteiger partial charge in [0.25, 0.3) is 0 Å². The lowest BCUT2D eigenvalue weighted by Crippen LogP contribution is -2.09. The molecule has 1 heterocycles. The summed E-state index contributed by atoms with van der Waals surface area (Å²) >= 11 is 1.53. The van der Waals surface area contributed by atoms with Gasteiger partial charge in [0, 0.05) is 16.6 Å². The highest BCUT2D eigenvalue weighted by Crippen LogP contribution is 2.22. The van der Waals surface area contributed by atoms with E-state index in [1.165, 1.54) is 35.6 Å². The standard InChI is InChI=1S/C15H13NO4S/c1-9(13-3-2-6-21-13)7-14(18)16-10-4-5-12(17)11(8-10)15(19)20/h2-8,17H,1H3,(H,16,18)(H,19,20). The molecule has 0 fully saturated rings. The van der Waals surface area contributed by atoms with Crippen molar-refractivity contribution in [2.75, 3.05) is 5.32 Å². The van der Waals surface area contributed by atoms with Crippen molar-refractivity contribution in [2.24, 2.45) is 0 Å². The van der Waals surface area contributed by atoms with Crippen LogP contribution in [0.2, 0.25) is 0 Å². The fourth-order valence-electron chi connectivity index (χ4n) is 1.73. The van der Waals surface area contributed by atoms with Crippen molar-refractivity contribution < 1.29 is 19.8 Å². The molecular weight excluding hydrogens is 290 g/mol. The van der Waals surface area contributed by atoms with E-state index in [1.54, 1.807) is 0 Å². The lowest BCUT2D eigenvalue weighted by Gasteiger charge is -2.06. The number of hydrogen-bond acceptors (Lipinski definition) is 4. The first kappa shape index (κ1) is 14.8. The number of phenols is 1. The molecule has 3 N–H and O–H groups in total. The number of aromatic hydroxyl groups is 1. The van der Waals surface area contributed by atoms with E-state index in [9.17, 15) is 14.7 Å². The number of hydrogen-bond donors (Lipinski definition) is 3. The van der Waals surface area contributed by atoms with Gasteiger partial charge in [-0.2, -0.15) is 0 Å². The summed E-state index contributed by atoms with van der Waals surface area (Å²) in [6.45, 7) is 1.82. The summed E-state index contributed by atoms with van der Waals surface area (Å²) in [7, 11) is 0.